The maximum atomic E-state index is 13.1. The Kier molecular flexibility index (Phi) is 5.27. The molecule has 28 heavy (non-hydrogen) atoms. The lowest BCUT2D eigenvalue weighted by Crippen LogP contribution is -2.40. The Morgan fingerprint density at radius 1 is 1.39 bits per heavy atom. The van der Waals surface area contributed by atoms with Crippen LogP contribution in [0.15, 0.2) is 33.1 Å². The van der Waals surface area contributed by atoms with E-state index in [4.69, 9.17) is 14.5 Å². The summed E-state index contributed by atoms with van der Waals surface area (Å²) in [7, 11) is 0. The lowest BCUT2D eigenvalue weighted by molar-refractivity contribution is -0.149. The van der Waals surface area contributed by atoms with Crippen LogP contribution in [0.5, 0.6) is 0 Å². The first-order valence-corrected chi connectivity index (χ1v) is 10.9. The van der Waals surface area contributed by atoms with Crippen LogP contribution in [0.1, 0.15) is 57.9 Å². The third kappa shape index (κ3) is 3.72. The van der Waals surface area contributed by atoms with Gasteiger partial charge in [0.15, 0.2) is 5.78 Å². The molecule has 0 bridgehead atoms. The number of carbonyl (C=O) groups excluding carboxylic acids is 2. The van der Waals surface area contributed by atoms with Gasteiger partial charge in [0.25, 0.3) is 0 Å². The quantitative estimate of drug-likeness (QED) is 0.706. The molecule has 0 spiro atoms. The monoisotopic (exact) mass is 401 g/mol. The van der Waals surface area contributed by atoms with E-state index in [1.54, 1.807) is 11.3 Å². The Morgan fingerprint density at radius 3 is 2.89 bits per heavy atom. The highest BCUT2D eigenvalue weighted by Gasteiger charge is 2.46. The number of nitrogens with zero attached hydrogens (tertiary/aromatic N) is 1. The Labute approximate surface area is 169 Å². The van der Waals surface area contributed by atoms with Crippen molar-refractivity contribution in [2.24, 2.45) is 16.3 Å². The van der Waals surface area contributed by atoms with Gasteiger partial charge >= 0.3 is 5.97 Å². The fourth-order valence-electron chi connectivity index (χ4n) is 4.60. The van der Waals surface area contributed by atoms with Crippen molar-refractivity contribution >= 4 is 28.8 Å². The first kappa shape index (κ1) is 19.5. The molecule has 0 saturated carbocycles. The van der Waals surface area contributed by atoms with E-state index in [-0.39, 0.29) is 35.8 Å². The van der Waals surface area contributed by atoms with Gasteiger partial charge in [0, 0.05) is 35.9 Å². The number of esters is 1. The molecule has 1 saturated heterocycles. The molecular formula is C22H27NO4S. The van der Waals surface area contributed by atoms with Crippen LogP contribution >= 0.6 is 11.3 Å². The number of aliphatic imine (C=N–C) groups is 1. The molecule has 0 N–H and O–H groups in total. The summed E-state index contributed by atoms with van der Waals surface area (Å²) in [5, 5.41) is 4.02. The standard InChI is InChI=1S/C22H27NO4S/c1-13-18(21(25)27-11-15-5-4-7-26-15)19(14-6-8-28-12-14)20-16(23-13)9-22(2,3)10-17(20)24/h6,8,12,15,18-19H,4-5,7,9-11H2,1-3H3/t15-,18?,19-/m1/s1. The smallest absolute Gasteiger partial charge is 0.315 e. The maximum Gasteiger partial charge on any atom is 0.315 e. The van der Waals surface area contributed by atoms with Crippen molar-refractivity contribution in [2.75, 3.05) is 13.2 Å². The van der Waals surface area contributed by atoms with Gasteiger partial charge in [-0.2, -0.15) is 11.3 Å². The van der Waals surface area contributed by atoms with Crippen LogP contribution in [0, 0.1) is 11.3 Å². The molecule has 1 fully saturated rings. The second kappa shape index (κ2) is 7.56. The molecule has 0 amide bonds. The van der Waals surface area contributed by atoms with Gasteiger partial charge in [-0.25, -0.2) is 0 Å². The number of ether oxygens (including phenoxy) is 2. The average molecular weight is 402 g/mol. The summed E-state index contributed by atoms with van der Waals surface area (Å²) in [4.78, 5) is 30.9. The van der Waals surface area contributed by atoms with E-state index >= 15 is 0 Å². The van der Waals surface area contributed by atoms with Crippen molar-refractivity contribution in [3.05, 3.63) is 33.7 Å². The van der Waals surface area contributed by atoms with Crippen LogP contribution < -0.4 is 0 Å². The number of ketones is 1. The largest absolute Gasteiger partial charge is 0.462 e. The van der Waals surface area contributed by atoms with Crippen LogP contribution in [0.4, 0.5) is 0 Å². The molecular weight excluding hydrogens is 374 g/mol. The molecule has 6 heteroatoms. The molecule has 5 nitrogen and oxygen atoms in total. The number of Topliss-reactive ketones (excluding diaryl/α,β-unsaturated/α-hetero) is 1. The highest BCUT2D eigenvalue weighted by molar-refractivity contribution is 7.08. The molecule has 3 aliphatic rings. The molecule has 1 aliphatic carbocycles. The molecule has 2 aliphatic heterocycles. The average Bonchev–Trinajstić information content (AvgIpc) is 3.31. The summed E-state index contributed by atoms with van der Waals surface area (Å²) >= 11 is 1.58. The predicted molar refractivity (Wildman–Crippen MR) is 109 cm³/mol. The molecule has 3 atom stereocenters. The summed E-state index contributed by atoms with van der Waals surface area (Å²) in [5.41, 5.74) is 3.18. The molecule has 1 aromatic rings. The van der Waals surface area contributed by atoms with E-state index < -0.39 is 5.92 Å². The van der Waals surface area contributed by atoms with Crippen molar-refractivity contribution in [3.8, 4) is 0 Å². The van der Waals surface area contributed by atoms with E-state index in [1.807, 2.05) is 23.8 Å². The number of hydrogen-bond acceptors (Lipinski definition) is 6. The van der Waals surface area contributed by atoms with Crippen molar-refractivity contribution < 1.29 is 19.1 Å². The number of carbonyl (C=O) groups is 2. The Morgan fingerprint density at radius 2 is 2.21 bits per heavy atom. The summed E-state index contributed by atoms with van der Waals surface area (Å²) in [6.45, 7) is 7.07. The number of allylic oxidation sites excluding steroid dienone is 2. The third-order valence-electron chi connectivity index (χ3n) is 5.89. The van der Waals surface area contributed by atoms with Crippen LogP contribution in [0.25, 0.3) is 0 Å². The Hall–Kier alpha value is -1.79. The molecule has 1 unspecified atom stereocenters. The van der Waals surface area contributed by atoms with E-state index in [0.717, 1.165) is 42.8 Å². The first-order chi connectivity index (χ1) is 13.4. The minimum atomic E-state index is -0.556. The zero-order valence-corrected chi connectivity index (χ0v) is 17.5. The van der Waals surface area contributed by atoms with Gasteiger partial charge in [-0.15, -0.1) is 0 Å². The molecule has 0 radical (unpaired) electrons. The molecule has 0 aromatic carbocycles. The van der Waals surface area contributed by atoms with Crippen molar-refractivity contribution in [1.82, 2.24) is 0 Å². The SMILES string of the molecule is CC1=NC2=C(C(=O)CC(C)(C)C2)[C@H](c2ccsc2)C1C(=O)OC[C@H]1CCCO1. The summed E-state index contributed by atoms with van der Waals surface area (Å²) in [5.74, 6) is -1.06. The minimum absolute atomic E-state index is 0.0173. The maximum absolute atomic E-state index is 13.1. The van der Waals surface area contributed by atoms with Gasteiger partial charge in [-0.05, 0) is 54.0 Å². The Bertz CT molecular complexity index is 831. The third-order valence-corrected chi connectivity index (χ3v) is 6.60. The van der Waals surface area contributed by atoms with E-state index in [9.17, 15) is 9.59 Å². The van der Waals surface area contributed by atoms with Crippen LogP contribution in [0.3, 0.4) is 0 Å². The molecule has 4 rings (SSSR count). The molecule has 3 heterocycles. The van der Waals surface area contributed by atoms with Gasteiger partial charge in [0.05, 0.1) is 6.10 Å². The number of rotatable bonds is 4. The molecule has 1 aromatic heterocycles. The van der Waals surface area contributed by atoms with Crippen molar-refractivity contribution in [3.63, 3.8) is 0 Å². The lowest BCUT2D eigenvalue weighted by atomic mass is 9.67. The number of hydrogen-bond donors (Lipinski definition) is 0. The summed E-state index contributed by atoms with van der Waals surface area (Å²) < 4.78 is 11.2. The van der Waals surface area contributed by atoms with E-state index in [2.05, 4.69) is 13.8 Å². The Balaban J connectivity index is 1.66. The normalized spacial score (nSPS) is 29.5. The van der Waals surface area contributed by atoms with Gasteiger partial charge < -0.3 is 9.47 Å². The van der Waals surface area contributed by atoms with Crippen LogP contribution in [-0.4, -0.2) is 36.8 Å². The summed E-state index contributed by atoms with van der Waals surface area (Å²) in [6.07, 6.45) is 3.14. The van der Waals surface area contributed by atoms with Crippen molar-refractivity contribution in [2.45, 2.75) is 58.5 Å². The number of thiophene rings is 1. The van der Waals surface area contributed by atoms with Gasteiger partial charge in [0.1, 0.15) is 12.5 Å². The summed E-state index contributed by atoms with van der Waals surface area (Å²) in [6, 6.07) is 2.01. The lowest BCUT2D eigenvalue weighted by Gasteiger charge is -2.38. The van der Waals surface area contributed by atoms with Gasteiger partial charge in [0.2, 0.25) is 0 Å². The van der Waals surface area contributed by atoms with Gasteiger partial charge in [-0.1, -0.05) is 13.8 Å². The van der Waals surface area contributed by atoms with Crippen LogP contribution in [0.2, 0.25) is 0 Å². The van der Waals surface area contributed by atoms with Gasteiger partial charge in [-0.3, -0.25) is 14.6 Å². The topological polar surface area (TPSA) is 65.0 Å². The zero-order valence-electron chi connectivity index (χ0n) is 16.7. The fraction of sp³-hybridized carbons (Fsp3) is 0.591. The van der Waals surface area contributed by atoms with Crippen molar-refractivity contribution in [1.29, 1.82) is 0 Å². The zero-order chi connectivity index (χ0) is 19.9. The highest BCUT2D eigenvalue weighted by atomic mass is 32.1. The minimum Gasteiger partial charge on any atom is -0.462 e. The fourth-order valence-corrected chi connectivity index (χ4v) is 5.30. The first-order valence-electron chi connectivity index (χ1n) is 9.97. The predicted octanol–water partition coefficient (Wildman–Crippen LogP) is 4.29. The van der Waals surface area contributed by atoms with Crippen LogP contribution in [-0.2, 0) is 19.1 Å². The second-order valence-corrected chi connectivity index (χ2v) is 9.61. The van der Waals surface area contributed by atoms with E-state index in [0.29, 0.717) is 12.0 Å². The highest BCUT2D eigenvalue weighted by Crippen LogP contribution is 2.48. The molecule has 150 valence electrons. The van der Waals surface area contributed by atoms with E-state index in [1.165, 1.54) is 0 Å². The second-order valence-electron chi connectivity index (χ2n) is 8.83.